The number of pyridine rings is 2. The van der Waals surface area contributed by atoms with Gasteiger partial charge in [0.1, 0.15) is 17.7 Å². The third-order valence-electron chi connectivity index (χ3n) is 2.51. The topological polar surface area (TPSA) is 86.5 Å². The van der Waals surface area contributed by atoms with Gasteiger partial charge in [0, 0.05) is 17.8 Å². The van der Waals surface area contributed by atoms with Crippen molar-refractivity contribution in [3.05, 3.63) is 35.9 Å². The van der Waals surface area contributed by atoms with E-state index < -0.39 is 0 Å². The van der Waals surface area contributed by atoms with Crippen LogP contribution in [-0.2, 0) is 0 Å². The molecule has 0 unspecified atom stereocenters. The molecule has 0 aliphatic heterocycles. The van der Waals surface area contributed by atoms with E-state index in [1.807, 2.05) is 12.1 Å². The Hall–Kier alpha value is -2.92. The van der Waals surface area contributed by atoms with Crippen molar-refractivity contribution in [2.45, 2.75) is 0 Å². The van der Waals surface area contributed by atoms with Gasteiger partial charge in [-0.15, -0.1) is 0 Å². The Balaban J connectivity index is 2.62. The highest BCUT2D eigenvalue weighted by atomic mass is 16.3. The first-order valence-electron chi connectivity index (χ1n) is 4.81. The number of aromatic nitrogens is 2. The highest BCUT2D eigenvalue weighted by Gasteiger charge is 2.14. The highest BCUT2D eigenvalue weighted by Crippen LogP contribution is 2.30. The molecule has 0 aromatic carbocycles. The SMILES string of the molecule is N#Cc1nccc2c1oc1ccnc(C#N)c12. The minimum absolute atomic E-state index is 0.211. The predicted molar refractivity (Wildman–Crippen MR) is 58.7 cm³/mol. The van der Waals surface area contributed by atoms with Crippen molar-refractivity contribution >= 4 is 21.9 Å². The molecule has 0 atom stereocenters. The van der Waals surface area contributed by atoms with E-state index in [0.717, 1.165) is 0 Å². The van der Waals surface area contributed by atoms with Crippen LogP contribution in [0.2, 0.25) is 0 Å². The molecule has 0 N–H and O–H groups in total. The molecular weight excluding hydrogens is 216 g/mol. The van der Waals surface area contributed by atoms with Crippen LogP contribution in [0.25, 0.3) is 21.9 Å². The molecule has 0 aliphatic carbocycles. The molecule has 17 heavy (non-hydrogen) atoms. The second-order valence-corrected chi connectivity index (χ2v) is 3.39. The number of nitrogens with zero attached hydrogens (tertiary/aromatic N) is 4. The second kappa shape index (κ2) is 3.29. The van der Waals surface area contributed by atoms with Gasteiger partial charge >= 0.3 is 0 Å². The van der Waals surface area contributed by atoms with E-state index in [9.17, 15) is 0 Å². The van der Waals surface area contributed by atoms with Crippen LogP contribution in [-0.4, -0.2) is 9.97 Å². The van der Waals surface area contributed by atoms with Crippen molar-refractivity contribution in [1.82, 2.24) is 9.97 Å². The maximum absolute atomic E-state index is 9.01. The van der Waals surface area contributed by atoms with Crippen LogP contribution in [0.4, 0.5) is 0 Å². The second-order valence-electron chi connectivity index (χ2n) is 3.39. The highest BCUT2D eigenvalue weighted by molar-refractivity contribution is 6.07. The largest absolute Gasteiger partial charge is 0.453 e. The van der Waals surface area contributed by atoms with Crippen LogP contribution in [0.1, 0.15) is 11.4 Å². The summed E-state index contributed by atoms with van der Waals surface area (Å²) in [5.74, 6) is 0. The zero-order valence-electron chi connectivity index (χ0n) is 8.51. The van der Waals surface area contributed by atoms with Gasteiger partial charge in [0.05, 0.1) is 5.39 Å². The Bertz CT molecular complexity index is 820. The van der Waals surface area contributed by atoms with Gasteiger partial charge in [-0.2, -0.15) is 10.5 Å². The molecule has 78 valence electrons. The van der Waals surface area contributed by atoms with Gasteiger partial charge in [0.25, 0.3) is 0 Å². The quantitative estimate of drug-likeness (QED) is 0.579. The zero-order valence-corrected chi connectivity index (χ0v) is 8.51. The van der Waals surface area contributed by atoms with Crippen molar-refractivity contribution in [3.63, 3.8) is 0 Å². The van der Waals surface area contributed by atoms with Gasteiger partial charge in [0.15, 0.2) is 17.0 Å². The average molecular weight is 220 g/mol. The first-order chi connectivity index (χ1) is 8.35. The fourth-order valence-corrected chi connectivity index (χ4v) is 1.81. The van der Waals surface area contributed by atoms with Crippen molar-refractivity contribution < 1.29 is 4.42 Å². The molecule has 3 rings (SSSR count). The molecule has 5 nitrogen and oxygen atoms in total. The minimum atomic E-state index is 0.211. The summed E-state index contributed by atoms with van der Waals surface area (Å²) < 4.78 is 5.54. The number of furan rings is 1. The van der Waals surface area contributed by atoms with Crippen LogP contribution in [0.5, 0.6) is 0 Å². The smallest absolute Gasteiger partial charge is 0.183 e. The first-order valence-corrected chi connectivity index (χ1v) is 4.81. The predicted octanol–water partition coefficient (Wildman–Crippen LogP) is 2.12. The lowest BCUT2D eigenvalue weighted by atomic mass is 10.1. The maximum atomic E-state index is 9.01. The molecule has 0 fully saturated rings. The number of fused-ring (bicyclic) bond motifs is 3. The van der Waals surface area contributed by atoms with Crippen molar-refractivity contribution in [1.29, 1.82) is 10.5 Å². The Kier molecular flexibility index (Phi) is 1.80. The van der Waals surface area contributed by atoms with Crippen molar-refractivity contribution in [2.24, 2.45) is 0 Å². The minimum Gasteiger partial charge on any atom is -0.453 e. The number of nitriles is 2. The van der Waals surface area contributed by atoms with E-state index >= 15 is 0 Å². The zero-order chi connectivity index (χ0) is 11.8. The van der Waals surface area contributed by atoms with Gasteiger partial charge in [-0.1, -0.05) is 0 Å². The summed E-state index contributed by atoms with van der Waals surface area (Å²) in [6.45, 7) is 0. The van der Waals surface area contributed by atoms with Crippen LogP contribution in [0, 0.1) is 22.7 Å². The molecule has 0 saturated heterocycles. The van der Waals surface area contributed by atoms with E-state index in [1.165, 1.54) is 12.4 Å². The van der Waals surface area contributed by atoms with E-state index in [4.69, 9.17) is 14.9 Å². The molecular formula is C12H4N4O. The third-order valence-corrected chi connectivity index (χ3v) is 2.51. The Morgan fingerprint density at radius 2 is 1.71 bits per heavy atom. The summed E-state index contributed by atoms with van der Waals surface area (Å²) in [6, 6.07) is 7.35. The van der Waals surface area contributed by atoms with Gasteiger partial charge in [-0.3, -0.25) is 0 Å². The lowest BCUT2D eigenvalue weighted by Gasteiger charge is -1.91. The average Bonchev–Trinajstić information content (AvgIpc) is 2.76. The van der Waals surface area contributed by atoms with Crippen LogP contribution < -0.4 is 0 Å². The summed E-state index contributed by atoms with van der Waals surface area (Å²) in [6.07, 6.45) is 3.02. The third kappa shape index (κ3) is 1.17. The fraction of sp³-hybridized carbons (Fsp3) is 0. The molecule has 0 aliphatic rings. The van der Waals surface area contributed by atoms with Gasteiger partial charge in [0.2, 0.25) is 0 Å². The Morgan fingerprint density at radius 3 is 2.47 bits per heavy atom. The molecule has 5 heteroatoms. The lowest BCUT2D eigenvalue weighted by molar-refractivity contribution is 0.664. The molecule has 0 bridgehead atoms. The summed E-state index contributed by atoms with van der Waals surface area (Å²) in [7, 11) is 0. The normalized spacial score (nSPS) is 10.2. The van der Waals surface area contributed by atoms with Crippen LogP contribution in [0.15, 0.2) is 28.9 Å². The molecule has 3 aromatic heterocycles. The Labute approximate surface area is 95.5 Å². The van der Waals surface area contributed by atoms with Crippen LogP contribution >= 0.6 is 0 Å². The monoisotopic (exact) mass is 220 g/mol. The van der Waals surface area contributed by atoms with Gasteiger partial charge in [-0.05, 0) is 12.1 Å². The van der Waals surface area contributed by atoms with E-state index in [0.29, 0.717) is 21.9 Å². The summed E-state index contributed by atoms with van der Waals surface area (Å²) >= 11 is 0. The van der Waals surface area contributed by atoms with Gasteiger partial charge in [-0.25, -0.2) is 9.97 Å². The maximum Gasteiger partial charge on any atom is 0.183 e. The van der Waals surface area contributed by atoms with Crippen molar-refractivity contribution in [2.75, 3.05) is 0 Å². The van der Waals surface area contributed by atoms with E-state index in [-0.39, 0.29) is 11.4 Å². The van der Waals surface area contributed by atoms with E-state index in [1.54, 1.807) is 12.1 Å². The first kappa shape index (κ1) is 9.32. The molecule has 0 amide bonds. The van der Waals surface area contributed by atoms with Gasteiger partial charge < -0.3 is 4.42 Å². The van der Waals surface area contributed by atoms with Crippen molar-refractivity contribution in [3.8, 4) is 12.1 Å². The van der Waals surface area contributed by atoms with Crippen LogP contribution in [0.3, 0.4) is 0 Å². The fourth-order valence-electron chi connectivity index (χ4n) is 1.81. The molecule has 3 aromatic rings. The standard InChI is InChI=1S/C12H4N4O/c13-5-8-11-7-1-3-16-9(6-14)12(7)17-10(11)2-4-15-8/h1-4H. The van der Waals surface area contributed by atoms with E-state index in [2.05, 4.69) is 9.97 Å². The lowest BCUT2D eigenvalue weighted by Crippen LogP contribution is -1.83. The molecule has 0 radical (unpaired) electrons. The molecule has 3 heterocycles. The summed E-state index contributed by atoms with van der Waals surface area (Å²) in [4.78, 5) is 7.90. The Morgan fingerprint density at radius 1 is 1.00 bits per heavy atom. The summed E-state index contributed by atoms with van der Waals surface area (Å²) in [5.41, 5.74) is 1.43. The number of rotatable bonds is 0. The summed E-state index contributed by atoms with van der Waals surface area (Å²) in [5, 5.41) is 19.3. The molecule has 0 spiro atoms. The number of hydrogen-bond acceptors (Lipinski definition) is 5. The number of hydrogen-bond donors (Lipinski definition) is 0. The molecule has 0 saturated carbocycles.